The van der Waals surface area contributed by atoms with Crippen molar-refractivity contribution in [3.05, 3.63) is 35.9 Å². The zero-order chi connectivity index (χ0) is 19.3. The van der Waals surface area contributed by atoms with Crippen molar-refractivity contribution in [2.24, 2.45) is 10.9 Å². The number of hydrogen-bond donors (Lipinski definition) is 3. The molecule has 154 valence electrons. The van der Waals surface area contributed by atoms with E-state index in [-0.39, 0.29) is 6.10 Å². The van der Waals surface area contributed by atoms with Crippen molar-refractivity contribution in [1.29, 1.82) is 0 Å². The molecule has 5 nitrogen and oxygen atoms in total. The first kappa shape index (κ1) is 19.7. The molecule has 2 bridgehead atoms. The molecule has 4 unspecified atom stereocenters. The van der Waals surface area contributed by atoms with Crippen LogP contribution in [0.4, 0.5) is 0 Å². The van der Waals surface area contributed by atoms with Gasteiger partial charge >= 0.3 is 0 Å². The number of nitrogens with one attached hydrogen (secondary N) is 2. The molecule has 1 saturated carbocycles. The first-order chi connectivity index (χ1) is 13.7. The molecule has 0 amide bonds. The molecule has 1 aliphatic carbocycles. The smallest absolute Gasteiger partial charge is 0.191 e. The molecule has 5 heteroatoms. The third-order valence-corrected chi connectivity index (χ3v) is 6.88. The highest BCUT2D eigenvalue weighted by Crippen LogP contribution is 2.36. The Hall–Kier alpha value is -1.59. The molecule has 4 rings (SSSR count). The van der Waals surface area contributed by atoms with Gasteiger partial charge in [-0.25, -0.2) is 0 Å². The van der Waals surface area contributed by atoms with Crippen molar-refractivity contribution < 1.29 is 5.11 Å². The molecule has 1 aromatic rings. The Morgan fingerprint density at radius 3 is 2.50 bits per heavy atom. The minimum absolute atomic E-state index is 0.163. The number of rotatable bonds is 6. The fraction of sp³-hybridized carbons (Fsp3) is 0.696. The fourth-order valence-corrected chi connectivity index (χ4v) is 5.40. The first-order valence-corrected chi connectivity index (χ1v) is 11.3. The molecule has 2 saturated heterocycles. The van der Waals surface area contributed by atoms with E-state index < -0.39 is 0 Å². The van der Waals surface area contributed by atoms with Gasteiger partial charge in [-0.3, -0.25) is 9.89 Å². The Morgan fingerprint density at radius 1 is 1.11 bits per heavy atom. The predicted molar refractivity (Wildman–Crippen MR) is 114 cm³/mol. The number of piperidine rings is 1. The van der Waals surface area contributed by atoms with Crippen LogP contribution in [0, 0.1) is 5.92 Å². The van der Waals surface area contributed by atoms with E-state index in [1.165, 1.54) is 31.2 Å². The number of hydrogen-bond acceptors (Lipinski definition) is 3. The van der Waals surface area contributed by atoms with E-state index in [4.69, 9.17) is 4.99 Å². The largest absolute Gasteiger partial charge is 0.393 e. The molecular weight excluding hydrogens is 348 g/mol. The molecule has 0 spiro atoms. The van der Waals surface area contributed by atoms with E-state index in [9.17, 15) is 5.11 Å². The Morgan fingerprint density at radius 2 is 1.86 bits per heavy atom. The molecule has 4 atom stereocenters. The van der Waals surface area contributed by atoms with Gasteiger partial charge in [-0.1, -0.05) is 36.8 Å². The monoisotopic (exact) mass is 384 g/mol. The summed E-state index contributed by atoms with van der Waals surface area (Å²) in [5, 5.41) is 17.2. The third kappa shape index (κ3) is 4.69. The molecule has 28 heavy (non-hydrogen) atoms. The number of benzene rings is 1. The molecule has 2 aliphatic heterocycles. The quantitative estimate of drug-likeness (QED) is 0.521. The van der Waals surface area contributed by atoms with E-state index in [0.717, 1.165) is 44.9 Å². The number of aliphatic imine (C=N–C) groups is 1. The minimum Gasteiger partial charge on any atom is -0.393 e. The number of aliphatic hydroxyl groups excluding tert-OH is 1. The number of nitrogens with zero attached hydrogens (tertiary/aromatic N) is 2. The van der Waals surface area contributed by atoms with E-state index in [0.29, 0.717) is 24.0 Å². The average Bonchev–Trinajstić information content (AvgIpc) is 3.20. The Kier molecular flexibility index (Phi) is 6.53. The van der Waals surface area contributed by atoms with Gasteiger partial charge in [0.15, 0.2) is 5.96 Å². The summed E-state index contributed by atoms with van der Waals surface area (Å²) in [5.41, 5.74) is 1.43. The summed E-state index contributed by atoms with van der Waals surface area (Å²) in [5.74, 6) is 1.27. The topological polar surface area (TPSA) is 59.9 Å². The summed E-state index contributed by atoms with van der Waals surface area (Å²) in [7, 11) is 0. The van der Waals surface area contributed by atoms with Crippen molar-refractivity contribution >= 4 is 5.96 Å². The standard InChI is InChI=1S/C23H36N4O/c1-2-24-23(25-15-18-9-6-10-22(18)28)26-19-13-20-11-12-21(14-19)27(20)16-17-7-4-3-5-8-17/h3-5,7-8,18-22,28H,2,6,9-16H2,1H3,(H2,24,25,26). The van der Waals surface area contributed by atoms with Gasteiger partial charge in [0.05, 0.1) is 6.10 Å². The Bertz CT molecular complexity index is 635. The van der Waals surface area contributed by atoms with Crippen LogP contribution in [-0.2, 0) is 6.54 Å². The Balaban J connectivity index is 1.33. The summed E-state index contributed by atoms with van der Waals surface area (Å²) >= 11 is 0. The van der Waals surface area contributed by atoms with Crippen molar-refractivity contribution in [1.82, 2.24) is 15.5 Å². The maximum Gasteiger partial charge on any atom is 0.191 e. The van der Waals surface area contributed by atoms with Gasteiger partial charge in [-0.15, -0.1) is 0 Å². The van der Waals surface area contributed by atoms with Gasteiger partial charge < -0.3 is 15.7 Å². The molecule has 1 aromatic carbocycles. The van der Waals surface area contributed by atoms with Gasteiger partial charge in [-0.2, -0.15) is 0 Å². The average molecular weight is 385 g/mol. The van der Waals surface area contributed by atoms with E-state index in [1.54, 1.807) is 0 Å². The SMILES string of the molecule is CCNC(=NCC1CCCC1O)NC1CC2CCC(C1)N2Cc1ccccc1. The second-order valence-corrected chi connectivity index (χ2v) is 8.83. The minimum atomic E-state index is -0.163. The lowest BCUT2D eigenvalue weighted by molar-refractivity contribution is 0.114. The van der Waals surface area contributed by atoms with Gasteiger partial charge in [0, 0.05) is 43.7 Å². The number of guanidine groups is 1. The fourth-order valence-electron chi connectivity index (χ4n) is 5.40. The van der Waals surface area contributed by atoms with Crippen molar-refractivity contribution in [2.75, 3.05) is 13.1 Å². The van der Waals surface area contributed by atoms with Crippen LogP contribution in [0.25, 0.3) is 0 Å². The van der Waals surface area contributed by atoms with Gasteiger partial charge in [0.2, 0.25) is 0 Å². The zero-order valence-corrected chi connectivity index (χ0v) is 17.2. The van der Waals surface area contributed by atoms with Crippen LogP contribution in [0.15, 0.2) is 35.3 Å². The maximum atomic E-state index is 10.1. The van der Waals surface area contributed by atoms with Crippen LogP contribution < -0.4 is 10.6 Å². The molecular formula is C23H36N4O. The summed E-state index contributed by atoms with van der Waals surface area (Å²) in [6.45, 7) is 4.80. The van der Waals surface area contributed by atoms with Crippen molar-refractivity contribution in [2.45, 2.75) is 82.6 Å². The van der Waals surface area contributed by atoms with Crippen molar-refractivity contribution in [3.8, 4) is 0 Å². The Labute approximate surface area is 169 Å². The predicted octanol–water partition coefficient (Wildman–Crippen LogP) is 2.90. The van der Waals surface area contributed by atoms with Crippen LogP contribution >= 0.6 is 0 Å². The van der Waals surface area contributed by atoms with Crippen LogP contribution in [0.2, 0.25) is 0 Å². The summed E-state index contributed by atoms with van der Waals surface area (Å²) in [6, 6.07) is 12.7. The highest BCUT2D eigenvalue weighted by atomic mass is 16.3. The number of aliphatic hydroxyl groups is 1. The van der Waals surface area contributed by atoms with Crippen LogP contribution in [-0.4, -0.2) is 53.3 Å². The van der Waals surface area contributed by atoms with E-state index >= 15 is 0 Å². The lowest BCUT2D eigenvalue weighted by Gasteiger charge is -2.39. The molecule has 0 aromatic heterocycles. The summed E-state index contributed by atoms with van der Waals surface area (Å²) in [6.07, 6.45) is 8.03. The summed E-state index contributed by atoms with van der Waals surface area (Å²) < 4.78 is 0. The second-order valence-electron chi connectivity index (χ2n) is 8.83. The van der Waals surface area contributed by atoms with Gasteiger partial charge in [0.25, 0.3) is 0 Å². The highest BCUT2D eigenvalue weighted by Gasteiger charge is 2.40. The lowest BCUT2D eigenvalue weighted by atomic mass is 9.96. The number of fused-ring (bicyclic) bond motifs is 2. The van der Waals surface area contributed by atoms with Crippen molar-refractivity contribution in [3.63, 3.8) is 0 Å². The summed E-state index contributed by atoms with van der Waals surface area (Å²) in [4.78, 5) is 7.55. The molecule has 2 heterocycles. The first-order valence-electron chi connectivity index (χ1n) is 11.3. The maximum absolute atomic E-state index is 10.1. The second kappa shape index (κ2) is 9.27. The molecule has 3 aliphatic rings. The third-order valence-electron chi connectivity index (χ3n) is 6.88. The van der Waals surface area contributed by atoms with Crippen LogP contribution in [0.5, 0.6) is 0 Å². The van der Waals surface area contributed by atoms with Crippen LogP contribution in [0.3, 0.4) is 0 Å². The molecule has 3 fully saturated rings. The van der Waals surface area contributed by atoms with Gasteiger partial charge in [0.1, 0.15) is 0 Å². The lowest BCUT2D eigenvalue weighted by Crippen LogP contribution is -2.52. The van der Waals surface area contributed by atoms with E-state index in [1.807, 2.05) is 0 Å². The molecule has 3 N–H and O–H groups in total. The van der Waals surface area contributed by atoms with E-state index in [2.05, 4.69) is 52.8 Å². The zero-order valence-electron chi connectivity index (χ0n) is 17.2. The van der Waals surface area contributed by atoms with Crippen LogP contribution in [0.1, 0.15) is 57.4 Å². The molecule has 0 radical (unpaired) electrons. The highest BCUT2D eigenvalue weighted by molar-refractivity contribution is 5.80. The normalized spacial score (nSPS) is 33.2. The van der Waals surface area contributed by atoms with Gasteiger partial charge in [-0.05, 0) is 51.0 Å².